The largest absolute Gasteiger partial charge is 0.339 e. The smallest absolute Gasteiger partial charge is 0.225 e. The molecule has 1 aromatic heterocycles. The highest BCUT2D eigenvalue weighted by Gasteiger charge is 2.40. The molecule has 0 spiro atoms. The van der Waals surface area contributed by atoms with Crippen LogP contribution < -0.4 is 0 Å². The summed E-state index contributed by atoms with van der Waals surface area (Å²) in [6.07, 6.45) is 8.11. The molecule has 5 heteroatoms. The zero-order chi connectivity index (χ0) is 16.3. The number of imidazole rings is 1. The van der Waals surface area contributed by atoms with Gasteiger partial charge in [0.25, 0.3) is 0 Å². The predicted molar refractivity (Wildman–Crippen MR) is 91.4 cm³/mol. The lowest BCUT2D eigenvalue weighted by atomic mass is 9.75. The lowest BCUT2D eigenvalue weighted by Crippen LogP contribution is -2.54. The number of fused-ring (bicyclic) bond motifs is 3. The van der Waals surface area contributed by atoms with Gasteiger partial charge < -0.3 is 9.47 Å². The van der Waals surface area contributed by atoms with E-state index in [0.717, 1.165) is 63.8 Å². The van der Waals surface area contributed by atoms with Gasteiger partial charge in [0, 0.05) is 50.8 Å². The van der Waals surface area contributed by atoms with Gasteiger partial charge in [-0.05, 0) is 37.5 Å². The van der Waals surface area contributed by atoms with Crippen molar-refractivity contribution in [3.8, 4) is 0 Å². The Balaban J connectivity index is 1.33. The van der Waals surface area contributed by atoms with Gasteiger partial charge in [-0.1, -0.05) is 6.92 Å². The standard InChI is InChI=1S/C19H28N4O/c1-13-8-15(9-13)19(24)22-7-6-21-5-4-16-18(17(21)11-22)20-12-23(16)10-14-2-3-14/h12-15,17H,2-11H2,1H3. The molecule has 1 unspecified atom stereocenters. The Kier molecular flexibility index (Phi) is 3.47. The molecular formula is C19H28N4O. The highest BCUT2D eigenvalue weighted by Crippen LogP contribution is 2.38. The second kappa shape index (κ2) is 5.58. The second-order valence-electron chi connectivity index (χ2n) is 8.53. The molecule has 0 aromatic carbocycles. The van der Waals surface area contributed by atoms with E-state index in [2.05, 4.69) is 27.6 Å². The Bertz CT molecular complexity index is 644. The molecule has 130 valence electrons. The van der Waals surface area contributed by atoms with Crippen LogP contribution in [0.25, 0.3) is 0 Å². The van der Waals surface area contributed by atoms with E-state index in [-0.39, 0.29) is 0 Å². The van der Waals surface area contributed by atoms with Crippen molar-refractivity contribution in [1.29, 1.82) is 0 Å². The average molecular weight is 328 g/mol. The van der Waals surface area contributed by atoms with Crippen LogP contribution in [0.4, 0.5) is 0 Å². The third-order valence-corrected chi connectivity index (χ3v) is 6.61. The van der Waals surface area contributed by atoms with Gasteiger partial charge in [-0.15, -0.1) is 0 Å². The molecule has 3 fully saturated rings. The molecule has 4 aliphatic rings. The highest BCUT2D eigenvalue weighted by molar-refractivity contribution is 5.80. The maximum absolute atomic E-state index is 12.8. The normalized spacial score (nSPS) is 32.9. The van der Waals surface area contributed by atoms with Crippen LogP contribution in [0.15, 0.2) is 6.33 Å². The average Bonchev–Trinajstić information content (AvgIpc) is 3.29. The molecule has 2 saturated carbocycles. The summed E-state index contributed by atoms with van der Waals surface area (Å²) in [7, 11) is 0. The van der Waals surface area contributed by atoms with E-state index in [1.54, 1.807) is 0 Å². The van der Waals surface area contributed by atoms with Gasteiger partial charge >= 0.3 is 0 Å². The maximum atomic E-state index is 12.8. The van der Waals surface area contributed by atoms with Crippen molar-refractivity contribution in [3.05, 3.63) is 17.7 Å². The number of rotatable bonds is 3. The van der Waals surface area contributed by atoms with Crippen LogP contribution in [0.5, 0.6) is 0 Å². The minimum atomic E-state index is 0.294. The summed E-state index contributed by atoms with van der Waals surface area (Å²) in [5.74, 6) is 2.31. The summed E-state index contributed by atoms with van der Waals surface area (Å²) in [5.41, 5.74) is 2.69. The van der Waals surface area contributed by atoms with Crippen LogP contribution in [-0.4, -0.2) is 51.4 Å². The Morgan fingerprint density at radius 3 is 2.83 bits per heavy atom. The first kappa shape index (κ1) is 14.9. The van der Waals surface area contributed by atoms with Gasteiger partial charge in [-0.25, -0.2) is 4.98 Å². The lowest BCUT2D eigenvalue weighted by Gasteiger charge is -2.45. The van der Waals surface area contributed by atoms with Gasteiger partial charge in [0.1, 0.15) is 0 Å². The van der Waals surface area contributed by atoms with Gasteiger partial charge in [-0.3, -0.25) is 9.69 Å². The van der Waals surface area contributed by atoms with Crippen LogP contribution in [0, 0.1) is 17.8 Å². The molecule has 1 aromatic rings. The molecule has 2 aliphatic carbocycles. The molecule has 0 bridgehead atoms. The minimum Gasteiger partial charge on any atom is -0.339 e. The number of carbonyl (C=O) groups is 1. The van der Waals surface area contributed by atoms with E-state index in [4.69, 9.17) is 4.98 Å². The minimum absolute atomic E-state index is 0.294. The van der Waals surface area contributed by atoms with Crippen molar-refractivity contribution in [1.82, 2.24) is 19.4 Å². The van der Waals surface area contributed by atoms with E-state index >= 15 is 0 Å². The van der Waals surface area contributed by atoms with E-state index < -0.39 is 0 Å². The third kappa shape index (κ3) is 2.48. The van der Waals surface area contributed by atoms with E-state index in [0.29, 0.717) is 17.9 Å². The number of amides is 1. The molecular weight excluding hydrogens is 300 g/mol. The summed E-state index contributed by atoms with van der Waals surface area (Å²) >= 11 is 0. The van der Waals surface area contributed by atoms with E-state index in [1.165, 1.54) is 24.2 Å². The van der Waals surface area contributed by atoms with Crippen LogP contribution in [-0.2, 0) is 17.8 Å². The van der Waals surface area contributed by atoms with Crippen molar-refractivity contribution in [2.24, 2.45) is 17.8 Å². The summed E-state index contributed by atoms with van der Waals surface area (Å²) in [6, 6.07) is 0.324. The van der Waals surface area contributed by atoms with Crippen LogP contribution in [0.1, 0.15) is 50.0 Å². The molecule has 3 heterocycles. The zero-order valence-corrected chi connectivity index (χ0v) is 14.7. The van der Waals surface area contributed by atoms with Crippen molar-refractivity contribution in [3.63, 3.8) is 0 Å². The third-order valence-electron chi connectivity index (χ3n) is 6.61. The summed E-state index contributed by atoms with van der Waals surface area (Å²) in [4.78, 5) is 22.2. The van der Waals surface area contributed by atoms with E-state index in [1.807, 2.05) is 0 Å². The van der Waals surface area contributed by atoms with Crippen LogP contribution >= 0.6 is 0 Å². The Morgan fingerprint density at radius 1 is 1.25 bits per heavy atom. The van der Waals surface area contributed by atoms with Crippen molar-refractivity contribution in [2.75, 3.05) is 26.2 Å². The zero-order valence-electron chi connectivity index (χ0n) is 14.7. The number of piperazine rings is 1. The number of carbonyl (C=O) groups excluding carboxylic acids is 1. The quantitative estimate of drug-likeness (QED) is 0.853. The molecule has 1 saturated heterocycles. The second-order valence-corrected chi connectivity index (χ2v) is 8.53. The fourth-order valence-corrected chi connectivity index (χ4v) is 4.87. The molecule has 5 rings (SSSR count). The van der Waals surface area contributed by atoms with Crippen LogP contribution in [0.2, 0.25) is 0 Å². The Labute approximate surface area is 144 Å². The Morgan fingerprint density at radius 2 is 2.08 bits per heavy atom. The van der Waals surface area contributed by atoms with Crippen molar-refractivity contribution in [2.45, 2.75) is 51.6 Å². The number of hydrogen-bond donors (Lipinski definition) is 0. The number of nitrogens with zero attached hydrogens (tertiary/aromatic N) is 4. The van der Waals surface area contributed by atoms with Crippen molar-refractivity contribution < 1.29 is 4.79 Å². The molecule has 1 amide bonds. The summed E-state index contributed by atoms with van der Waals surface area (Å²) in [5, 5.41) is 0. The first-order chi connectivity index (χ1) is 11.7. The molecule has 0 N–H and O–H groups in total. The maximum Gasteiger partial charge on any atom is 0.225 e. The summed E-state index contributed by atoms with van der Waals surface area (Å²) < 4.78 is 2.40. The molecule has 24 heavy (non-hydrogen) atoms. The molecule has 5 nitrogen and oxygen atoms in total. The monoisotopic (exact) mass is 328 g/mol. The topological polar surface area (TPSA) is 41.4 Å². The highest BCUT2D eigenvalue weighted by atomic mass is 16.2. The molecule has 1 atom stereocenters. The molecule has 2 aliphatic heterocycles. The number of hydrogen-bond acceptors (Lipinski definition) is 3. The first-order valence-electron chi connectivity index (χ1n) is 9.75. The van der Waals surface area contributed by atoms with Gasteiger partial charge in [0.05, 0.1) is 18.1 Å². The lowest BCUT2D eigenvalue weighted by molar-refractivity contribution is -0.143. The summed E-state index contributed by atoms with van der Waals surface area (Å²) in [6.45, 7) is 7.28. The Hall–Kier alpha value is -1.36. The number of aromatic nitrogens is 2. The van der Waals surface area contributed by atoms with Crippen molar-refractivity contribution >= 4 is 5.91 Å². The van der Waals surface area contributed by atoms with Gasteiger partial charge in [0.2, 0.25) is 5.91 Å². The van der Waals surface area contributed by atoms with Crippen LogP contribution in [0.3, 0.4) is 0 Å². The van der Waals surface area contributed by atoms with Gasteiger partial charge in [0.15, 0.2) is 0 Å². The molecule has 0 radical (unpaired) electrons. The first-order valence-corrected chi connectivity index (χ1v) is 9.75. The van der Waals surface area contributed by atoms with Gasteiger partial charge in [-0.2, -0.15) is 0 Å². The SMILES string of the molecule is CC1CC(C(=O)N2CCN3CCc4c(ncn4CC4CC4)C3C2)C1. The van der Waals surface area contributed by atoms with E-state index in [9.17, 15) is 4.79 Å². The predicted octanol–water partition coefficient (Wildman–Crippen LogP) is 2.08. The fourth-order valence-electron chi connectivity index (χ4n) is 4.87. The fraction of sp³-hybridized carbons (Fsp3) is 0.789.